The van der Waals surface area contributed by atoms with Crippen molar-refractivity contribution in [1.82, 2.24) is 9.80 Å². The summed E-state index contributed by atoms with van der Waals surface area (Å²) in [5, 5.41) is 2.61. The van der Waals surface area contributed by atoms with Crippen LogP contribution in [0.2, 0.25) is 0 Å². The first-order valence-electron chi connectivity index (χ1n) is 12.1. The highest BCUT2D eigenvalue weighted by Gasteiger charge is 2.41. The van der Waals surface area contributed by atoms with Crippen molar-refractivity contribution in [2.24, 2.45) is 4.99 Å². The number of aliphatic imine (C=N–C) groups is 1. The summed E-state index contributed by atoms with van der Waals surface area (Å²) in [7, 11) is 4.92. The molecule has 2 aliphatic heterocycles. The molecular formula is C29H31N3O5S. The molecule has 0 unspecified atom stereocenters. The molecule has 0 spiro atoms. The molecule has 0 bridgehead atoms. The lowest BCUT2D eigenvalue weighted by Crippen LogP contribution is -2.38. The van der Waals surface area contributed by atoms with E-state index >= 15 is 0 Å². The number of amides is 1. The van der Waals surface area contributed by atoms with Crippen LogP contribution >= 0.6 is 11.8 Å². The summed E-state index contributed by atoms with van der Waals surface area (Å²) in [6.07, 6.45) is 1.67. The molecular weight excluding hydrogens is 502 g/mol. The van der Waals surface area contributed by atoms with Crippen LogP contribution in [-0.2, 0) is 20.9 Å². The molecule has 2 aromatic rings. The minimum Gasteiger partial charge on any atom is -0.493 e. The lowest BCUT2D eigenvalue weighted by atomic mass is 9.93. The largest absolute Gasteiger partial charge is 0.493 e. The summed E-state index contributed by atoms with van der Waals surface area (Å²) in [5.74, 6) is 0.562. The molecule has 0 saturated heterocycles. The number of benzene rings is 2. The number of allylic oxidation sites excluding steroid dienone is 1. The lowest BCUT2D eigenvalue weighted by Gasteiger charge is -2.36. The highest BCUT2D eigenvalue weighted by molar-refractivity contribution is 8.16. The number of nitrogens with zero attached hydrogens (tertiary/aromatic N) is 3. The topological polar surface area (TPSA) is 80.7 Å². The van der Waals surface area contributed by atoms with Gasteiger partial charge in [-0.15, -0.1) is 0 Å². The number of ether oxygens (including phenoxy) is 3. The number of methoxy groups -OCH3 is 2. The first kappa shape index (κ1) is 27.1. The predicted molar refractivity (Wildman–Crippen MR) is 149 cm³/mol. The summed E-state index contributed by atoms with van der Waals surface area (Å²) in [5.41, 5.74) is 3.52. The fraction of sp³-hybridized carbons (Fsp3) is 0.276. The summed E-state index contributed by atoms with van der Waals surface area (Å²) >= 11 is 1.43. The fourth-order valence-electron chi connectivity index (χ4n) is 4.42. The van der Waals surface area contributed by atoms with Crippen molar-refractivity contribution in [3.8, 4) is 11.5 Å². The molecule has 1 amide bonds. The van der Waals surface area contributed by atoms with E-state index in [1.165, 1.54) is 17.8 Å². The minimum absolute atomic E-state index is 0.0462. The van der Waals surface area contributed by atoms with Crippen molar-refractivity contribution in [1.29, 1.82) is 0 Å². The van der Waals surface area contributed by atoms with E-state index in [0.29, 0.717) is 34.5 Å². The van der Waals surface area contributed by atoms with Crippen molar-refractivity contribution in [2.75, 3.05) is 27.9 Å². The van der Waals surface area contributed by atoms with Gasteiger partial charge in [0.05, 0.1) is 38.0 Å². The summed E-state index contributed by atoms with van der Waals surface area (Å²) in [4.78, 5) is 34.9. The Kier molecular flexibility index (Phi) is 8.58. The maximum atomic E-state index is 13.3. The van der Waals surface area contributed by atoms with E-state index in [0.717, 1.165) is 16.8 Å². The van der Waals surface area contributed by atoms with Gasteiger partial charge in [-0.25, -0.2) is 9.79 Å². The van der Waals surface area contributed by atoms with Crippen molar-refractivity contribution in [2.45, 2.75) is 25.9 Å². The van der Waals surface area contributed by atoms with Crippen LogP contribution in [0.3, 0.4) is 0 Å². The zero-order valence-corrected chi connectivity index (χ0v) is 22.8. The molecule has 0 saturated carbocycles. The van der Waals surface area contributed by atoms with Crippen LogP contribution in [0.1, 0.15) is 30.5 Å². The van der Waals surface area contributed by atoms with Crippen molar-refractivity contribution >= 4 is 28.8 Å². The molecule has 0 aromatic heterocycles. The third kappa shape index (κ3) is 5.62. The molecule has 198 valence electrons. The molecule has 38 heavy (non-hydrogen) atoms. The van der Waals surface area contributed by atoms with Crippen LogP contribution in [0.5, 0.6) is 11.5 Å². The molecule has 8 nitrogen and oxygen atoms in total. The van der Waals surface area contributed by atoms with E-state index in [1.54, 1.807) is 39.2 Å². The Balaban J connectivity index is 1.69. The number of esters is 1. The van der Waals surface area contributed by atoms with Gasteiger partial charge in [-0.2, -0.15) is 0 Å². The Bertz CT molecular complexity index is 1320. The van der Waals surface area contributed by atoms with Crippen molar-refractivity contribution in [3.63, 3.8) is 0 Å². The molecule has 2 heterocycles. The van der Waals surface area contributed by atoms with Crippen LogP contribution in [0, 0.1) is 0 Å². The van der Waals surface area contributed by atoms with E-state index in [9.17, 15) is 9.59 Å². The van der Waals surface area contributed by atoms with Crippen LogP contribution in [-0.4, -0.2) is 54.7 Å². The SMILES string of the molecule is C=CCOC(=O)C1=C(C)N=C2SC=C(CC(=O)N(C)Cc3ccccc3)N2[C@H]1c1ccc(OC)c(OC)c1. The fourth-order valence-corrected chi connectivity index (χ4v) is 5.38. The number of fused-ring (bicyclic) bond motifs is 1. The number of thioether (sulfide) groups is 1. The van der Waals surface area contributed by atoms with E-state index in [4.69, 9.17) is 19.2 Å². The molecule has 0 fully saturated rings. The monoisotopic (exact) mass is 533 g/mol. The molecule has 4 rings (SSSR count). The number of rotatable bonds is 10. The number of hydrogen-bond donors (Lipinski definition) is 0. The van der Waals surface area contributed by atoms with Crippen LogP contribution in [0.15, 0.2) is 88.6 Å². The van der Waals surface area contributed by atoms with Gasteiger partial charge in [0.25, 0.3) is 0 Å². The van der Waals surface area contributed by atoms with Crippen LogP contribution in [0.25, 0.3) is 0 Å². The Morgan fingerprint density at radius 3 is 2.55 bits per heavy atom. The Morgan fingerprint density at radius 2 is 1.87 bits per heavy atom. The van der Waals surface area contributed by atoms with Gasteiger partial charge in [-0.05, 0) is 35.6 Å². The van der Waals surface area contributed by atoms with Gasteiger partial charge in [0.2, 0.25) is 5.91 Å². The Hall–Kier alpha value is -3.98. The first-order valence-corrected chi connectivity index (χ1v) is 13.0. The molecule has 2 aromatic carbocycles. The van der Waals surface area contributed by atoms with Gasteiger partial charge in [-0.3, -0.25) is 4.79 Å². The normalized spacial score (nSPS) is 16.3. The summed E-state index contributed by atoms with van der Waals surface area (Å²) in [6.45, 7) is 6.01. The molecule has 0 aliphatic carbocycles. The van der Waals surface area contributed by atoms with Gasteiger partial charge in [0.15, 0.2) is 16.7 Å². The van der Waals surface area contributed by atoms with E-state index in [1.807, 2.05) is 52.8 Å². The number of hydrogen-bond acceptors (Lipinski definition) is 8. The van der Waals surface area contributed by atoms with Crippen molar-refractivity contribution < 1.29 is 23.8 Å². The number of carbonyl (C=O) groups excluding carboxylic acids is 2. The smallest absolute Gasteiger partial charge is 0.338 e. The van der Waals surface area contributed by atoms with Crippen molar-refractivity contribution in [3.05, 3.63) is 94.7 Å². The van der Waals surface area contributed by atoms with E-state index in [-0.39, 0.29) is 18.9 Å². The zero-order chi connectivity index (χ0) is 27.2. The van der Waals surface area contributed by atoms with E-state index in [2.05, 4.69) is 6.58 Å². The minimum atomic E-state index is -0.576. The standard InChI is InChI=1S/C29H31N3O5S/c1-6-14-37-28(34)26-19(2)30-29-32(27(26)21-12-13-23(35-4)24(15-21)36-5)22(18-38-29)16-25(33)31(3)17-20-10-8-7-9-11-20/h6-13,15,18,27H,1,14,16-17H2,2-5H3/t27-/m0/s1. The van der Waals surface area contributed by atoms with E-state index < -0.39 is 12.0 Å². The average Bonchev–Trinajstić information content (AvgIpc) is 3.32. The number of carbonyl (C=O) groups is 2. The van der Waals surface area contributed by atoms with Crippen LogP contribution < -0.4 is 9.47 Å². The second-order valence-electron chi connectivity index (χ2n) is 8.81. The maximum Gasteiger partial charge on any atom is 0.338 e. The Labute approximate surface area is 227 Å². The average molecular weight is 534 g/mol. The van der Waals surface area contributed by atoms with Gasteiger partial charge in [0.1, 0.15) is 6.61 Å². The maximum absolute atomic E-state index is 13.3. The lowest BCUT2D eigenvalue weighted by molar-refractivity contribution is -0.138. The quantitative estimate of drug-likeness (QED) is 0.312. The molecule has 2 aliphatic rings. The third-order valence-corrected chi connectivity index (χ3v) is 7.19. The number of amidine groups is 1. The van der Waals surface area contributed by atoms with Gasteiger partial charge >= 0.3 is 5.97 Å². The van der Waals surface area contributed by atoms with Crippen LogP contribution in [0.4, 0.5) is 0 Å². The van der Waals surface area contributed by atoms with Gasteiger partial charge in [0, 0.05) is 19.3 Å². The highest BCUT2D eigenvalue weighted by atomic mass is 32.2. The summed E-state index contributed by atoms with van der Waals surface area (Å²) in [6, 6.07) is 14.8. The zero-order valence-electron chi connectivity index (χ0n) is 22.0. The van der Waals surface area contributed by atoms with Gasteiger partial charge in [-0.1, -0.05) is 60.8 Å². The molecule has 1 atom stereocenters. The second kappa shape index (κ2) is 12.0. The third-order valence-electron chi connectivity index (χ3n) is 6.30. The van der Waals surface area contributed by atoms with Gasteiger partial charge < -0.3 is 24.0 Å². The predicted octanol–water partition coefficient (Wildman–Crippen LogP) is 5.06. The Morgan fingerprint density at radius 1 is 1.13 bits per heavy atom. The molecule has 0 N–H and O–H groups in total. The second-order valence-corrected chi connectivity index (χ2v) is 9.64. The summed E-state index contributed by atoms with van der Waals surface area (Å²) < 4.78 is 16.4. The molecule has 0 radical (unpaired) electrons. The molecule has 9 heteroatoms. The highest BCUT2D eigenvalue weighted by Crippen LogP contribution is 2.46. The first-order chi connectivity index (χ1) is 18.4.